The van der Waals surface area contributed by atoms with Gasteiger partial charge in [0.15, 0.2) is 0 Å². The third-order valence-corrected chi connectivity index (χ3v) is 5.31. The van der Waals surface area contributed by atoms with Gasteiger partial charge in [0.05, 0.1) is 5.69 Å². The van der Waals surface area contributed by atoms with Crippen molar-refractivity contribution in [3.8, 4) is 11.4 Å². The highest BCUT2D eigenvalue weighted by atomic mass is 16.5. The van der Waals surface area contributed by atoms with Gasteiger partial charge < -0.3 is 14.6 Å². The predicted octanol–water partition coefficient (Wildman–Crippen LogP) is 4.89. The molecule has 0 atom stereocenters. The number of carbonyl (C=O) groups excluding carboxylic acids is 1. The summed E-state index contributed by atoms with van der Waals surface area (Å²) in [5, 5.41) is 3.05. The van der Waals surface area contributed by atoms with Gasteiger partial charge in [0.25, 0.3) is 0 Å². The van der Waals surface area contributed by atoms with Gasteiger partial charge in [0.2, 0.25) is 5.91 Å². The smallest absolute Gasteiger partial charge is 0.227 e. The Balaban J connectivity index is 1.41. The molecule has 5 heteroatoms. The van der Waals surface area contributed by atoms with E-state index < -0.39 is 0 Å². The van der Waals surface area contributed by atoms with E-state index in [-0.39, 0.29) is 11.8 Å². The minimum Gasteiger partial charge on any atom is -0.487 e. The van der Waals surface area contributed by atoms with Crippen LogP contribution in [-0.2, 0) is 11.4 Å². The van der Waals surface area contributed by atoms with E-state index in [1.54, 1.807) is 6.20 Å². The summed E-state index contributed by atoms with van der Waals surface area (Å²) in [7, 11) is 0. The number of hydrogen-bond acceptors (Lipinski definition) is 3. The molecule has 1 saturated carbocycles. The summed E-state index contributed by atoms with van der Waals surface area (Å²) in [6, 6.07) is 15.8. The molecule has 0 bridgehead atoms. The Bertz CT molecular complexity index is 940. The lowest BCUT2D eigenvalue weighted by Gasteiger charge is -2.15. The molecule has 1 aliphatic rings. The normalized spacial score (nSPS) is 14.2. The second-order valence-electron chi connectivity index (χ2n) is 7.27. The van der Waals surface area contributed by atoms with Gasteiger partial charge in [-0.1, -0.05) is 37.1 Å². The van der Waals surface area contributed by atoms with Crippen molar-refractivity contribution in [3.05, 3.63) is 72.3 Å². The Morgan fingerprint density at radius 1 is 1.14 bits per heavy atom. The van der Waals surface area contributed by atoms with Crippen molar-refractivity contribution in [1.82, 2.24) is 9.55 Å². The molecule has 28 heavy (non-hydrogen) atoms. The number of nitrogens with zero attached hydrogens (tertiary/aromatic N) is 2. The first-order valence-electron chi connectivity index (χ1n) is 9.82. The van der Waals surface area contributed by atoms with Crippen molar-refractivity contribution in [2.75, 3.05) is 5.32 Å². The predicted molar refractivity (Wildman–Crippen MR) is 110 cm³/mol. The van der Waals surface area contributed by atoms with E-state index in [9.17, 15) is 4.79 Å². The molecule has 1 amide bonds. The first kappa shape index (κ1) is 18.3. The van der Waals surface area contributed by atoms with Crippen molar-refractivity contribution in [2.24, 2.45) is 5.92 Å². The Hall–Kier alpha value is -3.08. The number of anilines is 1. The van der Waals surface area contributed by atoms with Crippen LogP contribution in [0.5, 0.6) is 5.75 Å². The monoisotopic (exact) mass is 375 g/mol. The molecular formula is C23H25N3O2. The Kier molecular flexibility index (Phi) is 5.42. The van der Waals surface area contributed by atoms with Crippen LogP contribution in [0, 0.1) is 12.8 Å². The molecule has 1 N–H and O–H groups in total. The molecule has 0 unspecified atom stereocenters. The third-order valence-electron chi connectivity index (χ3n) is 5.31. The lowest BCUT2D eigenvalue weighted by molar-refractivity contribution is -0.119. The van der Waals surface area contributed by atoms with Crippen LogP contribution in [-0.4, -0.2) is 15.5 Å². The van der Waals surface area contributed by atoms with Crippen LogP contribution in [0.1, 0.15) is 37.1 Å². The van der Waals surface area contributed by atoms with E-state index in [4.69, 9.17) is 4.74 Å². The van der Waals surface area contributed by atoms with Gasteiger partial charge in [-0.2, -0.15) is 0 Å². The molecule has 144 valence electrons. The second-order valence-corrected chi connectivity index (χ2v) is 7.27. The molecule has 2 aromatic carbocycles. The summed E-state index contributed by atoms with van der Waals surface area (Å²) in [4.78, 5) is 16.7. The van der Waals surface area contributed by atoms with E-state index in [0.29, 0.717) is 12.4 Å². The van der Waals surface area contributed by atoms with Crippen molar-refractivity contribution in [2.45, 2.75) is 39.2 Å². The van der Waals surface area contributed by atoms with Gasteiger partial charge >= 0.3 is 0 Å². The number of hydrogen-bond donors (Lipinski definition) is 1. The number of aryl methyl sites for hydroxylation is 1. The molecule has 1 heterocycles. The maximum absolute atomic E-state index is 12.4. The number of carbonyl (C=O) groups is 1. The lowest BCUT2D eigenvalue weighted by Crippen LogP contribution is -2.20. The van der Waals surface area contributed by atoms with Crippen molar-refractivity contribution in [3.63, 3.8) is 0 Å². The molecule has 0 saturated heterocycles. The SMILES string of the molecule is Cc1nccn1-c1ccc(COc2ccccc2NC(=O)C2CCCC2)cc1. The fourth-order valence-electron chi connectivity index (χ4n) is 3.68. The number of nitrogens with one attached hydrogen (secondary N) is 1. The van der Waals surface area contributed by atoms with Crippen molar-refractivity contribution in [1.29, 1.82) is 0 Å². The molecule has 0 spiro atoms. The standard InChI is InChI=1S/C23H25N3O2/c1-17-24-14-15-26(17)20-12-10-18(11-13-20)16-28-22-9-5-4-8-21(22)25-23(27)19-6-2-3-7-19/h4-5,8-15,19H,2-3,6-7,16H2,1H3,(H,25,27). The molecule has 3 aromatic rings. The third kappa shape index (κ3) is 4.09. The zero-order valence-electron chi connectivity index (χ0n) is 16.1. The number of para-hydroxylation sites is 2. The van der Waals surface area contributed by atoms with Gasteiger partial charge in [-0.15, -0.1) is 0 Å². The molecule has 0 radical (unpaired) electrons. The van der Waals surface area contributed by atoms with Crippen LogP contribution in [0.2, 0.25) is 0 Å². The summed E-state index contributed by atoms with van der Waals surface area (Å²) in [6.07, 6.45) is 8.00. The quantitative estimate of drug-likeness (QED) is 0.667. The van der Waals surface area contributed by atoms with Gasteiger partial charge in [-0.05, 0) is 49.6 Å². The summed E-state index contributed by atoms with van der Waals surface area (Å²) in [5.74, 6) is 1.89. The molecular weight excluding hydrogens is 350 g/mol. The number of amides is 1. The van der Waals surface area contributed by atoms with E-state index in [1.807, 2.05) is 42.0 Å². The average Bonchev–Trinajstić information content (AvgIpc) is 3.40. The van der Waals surface area contributed by atoms with Crippen LogP contribution in [0.3, 0.4) is 0 Å². The maximum atomic E-state index is 12.4. The average molecular weight is 375 g/mol. The lowest BCUT2D eigenvalue weighted by atomic mass is 10.1. The zero-order chi connectivity index (χ0) is 19.3. The number of ether oxygens (including phenoxy) is 1. The van der Waals surface area contributed by atoms with E-state index in [2.05, 4.69) is 34.6 Å². The number of rotatable bonds is 6. The molecule has 1 fully saturated rings. The van der Waals surface area contributed by atoms with Crippen LogP contribution in [0.25, 0.3) is 5.69 Å². The molecule has 0 aliphatic heterocycles. The highest BCUT2D eigenvalue weighted by Crippen LogP contribution is 2.29. The Labute approximate surface area is 165 Å². The van der Waals surface area contributed by atoms with E-state index in [0.717, 1.165) is 48.4 Å². The van der Waals surface area contributed by atoms with Crippen LogP contribution in [0.15, 0.2) is 60.9 Å². The van der Waals surface area contributed by atoms with Crippen molar-refractivity contribution < 1.29 is 9.53 Å². The van der Waals surface area contributed by atoms with E-state index in [1.165, 1.54) is 0 Å². The number of aromatic nitrogens is 2. The molecule has 5 nitrogen and oxygen atoms in total. The van der Waals surface area contributed by atoms with Gasteiger partial charge in [-0.25, -0.2) is 4.98 Å². The number of benzene rings is 2. The first-order valence-corrected chi connectivity index (χ1v) is 9.82. The van der Waals surface area contributed by atoms with Gasteiger partial charge in [0.1, 0.15) is 18.2 Å². The van der Waals surface area contributed by atoms with E-state index >= 15 is 0 Å². The Morgan fingerprint density at radius 2 is 1.89 bits per heavy atom. The summed E-state index contributed by atoms with van der Waals surface area (Å²) in [5.41, 5.74) is 2.88. The van der Waals surface area contributed by atoms with Crippen LogP contribution in [0.4, 0.5) is 5.69 Å². The molecule has 1 aromatic heterocycles. The van der Waals surface area contributed by atoms with Crippen LogP contribution < -0.4 is 10.1 Å². The zero-order valence-corrected chi connectivity index (χ0v) is 16.1. The van der Waals surface area contributed by atoms with Crippen LogP contribution >= 0.6 is 0 Å². The fourth-order valence-corrected chi connectivity index (χ4v) is 3.68. The maximum Gasteiger partial charge on any atom is 0.227 e. The first-order chi connectivity index (χ1) is 13.7. The topological polar surface area (TPSA) is 56.1 Å². The van der Waals surface area contributed by atoms with Gasteiger partial charge in [0, 0.05) is 24.0 Å². The fraction of sp³-hybridized carbons (Fsp3) is 0.304. The summed E-state index contributed by atoms with van der Waals surface area (Å²) >= 11 is 0. The summed E-state index contributed by atoms with van der Waals surface area (Å²) in [6.45, 7) is 2.42. The summed E-state index contributed by atoms with van der Waals surface area (Å²) < 4.78 is 8.05. The minimum atomic E-state index is 0.105. The highest BCUT2D eigenvalue weighted by Gasteiger charge is 2.23. The molecule has 4 rings (SSSR count). The highest BCUT2D eigenvalue weighted by molar-refractivity contribution is 5.94. The van der Waals surface area contributed by atoms with Crippen molar-refractivity contribution >= 4 is 11.6 Å². The minimum absolute atomic E-state index is 0.105. The molecule has 1 aliphatic carbocycles. The second kappa shape index (κ2) is 8.30. The number of imidazole rings is 1. The largest absolute Gasteiger partial charge is 0.487 e. The van der Waals surface area contributed by atoms with Gasteiger partial charge in [-0.3, -0.25) is 4.79 Å². The Morgan fingerprint density at radius 3 is 2.61 bits per heavy atom.